The Labute approximate surface area is 201 Å². The quantitative estimate of drug-likeness (QED) is 0.357. The summed E-state index contributed by atoms with van der Waals surface area (Å²) in [6, 6.07) is 21.1. The molecule has 4 heterocycles. The molecule has 35 heavy (non-hydrogen) atoms. The molecular weight excluding hydrogens is 440 g/mol. The molecular formula is C27H22N6O2. The zero-order chi connectivity index (χ0) is 23.6. The molecule has 1 amide bonds. The molecule has 5 aromatic rings. The summed E-state index contributed by atoms with van der Waals surface area (Å²) in [6.45, 7) is 2.05. The Morgan fingerprint density at radius 2 is 1.80 bits per heavy atom. The highest BCUT2D eigenvalue weighted by atomic mass is 16.5. The molecule has 0 aliphatic carbocycles. The number of fused-ring (bicyclic) bond motifs is 1. The van der Waals surface area contributed by atoms with Crippen molar-refractivity contribution in [1.82, 2.24) is 20.2 Å². The molecule has 6 rings (SSSR count). The van der Waals surface area contributed by atoms with Gasteiger partial charge < -0.3 is 15.0 Å². The van der Waals surface area contributed by atoms with Gasteiger partial charge in [-0.3, -0.25) is 14.9 Å². The van der Waals surface area contributed by atoms with Crippen molar-refractivity contribution in [2.24, 2.45) is 0 Å². The summed E-state index contributed by atoms with van der Waals surface area (Å²) in [5, 5.41) is 10.8. The molecule has 8 nitrogen and oxygen atoms in total. The zero-order valence-electron chi connectivity index (χ0n) is 18.8. The van der Waals surface area contributed by atoms with E-state index in [-0.39, 0.29) is 5.91 Å². The van der Waals surface area contributed by atoms with Gasteiger partial charge >= 0.3 is 0 Å². The van der Waals surface area contributed by atoms with Gasteiger partial charge in [-0.05, 0) is 54.4 Å². The summed E-state index contributed by atoms with van der Waals surface area (Å²) in [4.78, 5) is 24.0. The Morgan fingerprint density at radius 1 is 0.914 bits per heavy atom. The number of anilines is 2. The summed E-state index contributed by atoms with van der Waals surface area (Å²) in [5.41, 5.74) is 3.49. The monoisotopic (exact) mass is 462 g/mol. The standard InChI is InChI=1S/C27H22N6O2/c34-27(30-20-8-10-25(29-16-20)33-11-4-12-33)26-23-14-18(7-9-24(23)31-32-26)19-13-22(17-28-15-19)35-21-5-2-1-3-6-21/h1-3,5-10,13-17H,4,11-12H2,(H,30,34)(H,31,32). The molecule has 1 aliphatic heterocycles. The number of hydrogen-bond donors (Lipinski definition) is 2. The van der Waals surface area contributed by atoms with Crippen molar-refractivity contribution in [2.45, 2.75) is 6.42 Å². The lowest BCUT2D eigenvalue weighted by molar-refractivity contribution is 0.102. The average Bonchev–Trinajstić information content (AvgIpc) is 3.28. The van der Waals surface area contributed by atoms with Crippen LogP contribution in [0, 0.1) is 0 Å². The molecule has 3 aromatic heterocycles. The van der Waals surface area contributed by atoms with Crippen LogP contribution in [0.5, 0.6) is 11.5 Å². The van der Waals surface area contributed by atoms with Gasteiger partial charge in [0.05, 0.1) is 23.6 Å². The number of para-hydroxylation sites is 1. The van der Waals surface area contributed by atoms with Crippen molar-refractivity contribution in [3.63, 3.8) is 0 Å². The first-order valence-corrected chi connectivity index (χ1v) is 11.4. The Balaban J connectivity index is 1.24. The highest BCUT2D eigenvalue weighted by Crippen LogP contribution is 2.29. The van der Waals surface area contributed by atoms with Crippen molar-refractivity contribution in [3.8, 4) is 22.6 Å². The van der Waals surface area contributed by atoms with Crippen LogP contribution < -0.4 is 15.0 Å². The van der Waals surface area contributed by atoms with E-state index in [1.165, 1.54) is 6.42 Å². The van der Waals surface area contributed by atoms with Crippen LogP contribution in [0.1, 0.15) is 16.9 Å². The SMILES string of the molecule is O=C(Nc1ccc(N2CCC2)nc1)c1n[nH]c2ccc(-c3cncc(Oc4ccccc4)c3)cc12. The molecule has 0 radical (unpaired) electrons. The first kappa shape index (κ1) is 20.9. The van der Waals surface area contributed by atoms with Gasteiger partial charge in [-0.2, -0.15) is 5.10 Å². The second-order valence-corrected chi connectivity index (χ2v) is 8.36. The van der Waals surface area contributed by atoms with Gasteiger partial charge in [0.1, 0.15) is 17.3 Å². The highest BCUT2D eigenvalue weighted by molar-refractivity contribution is 6.11. The molecule has 0 bridgehead atoms. The molecule has 0 saturated carbocycles. The van der Waals surface area contributed by atoms with Crippen LogP contribution in [0.15, 0.2) is 85.3 Å². The number of benzene rings is 2. The normalized spacial score (nSPS) is 12.9. The van der Waals surface area contributed by atoms with Gasteiger partial charge in [-0.15, -0.1) is 0 Å². The lowest BCUT2D eigenvalue weighted by atomic mass is 10.0. The Hall–Kier alpha value is -4.72. The van der Waals surface area contributed by atoms with E-state index in [4.69, 9.17) is 4.74 Å². The van der Waals surface area contributed by atoms with Crippen LogP contribution in [-0.2, 0) is 0 Å². The van der Waals surface area contributed by atoms with E-state index >= 15 is 0 Å². The minimum Gasteiger partial charge on any atom is -0.456 e. The largest absolute Gasteiger partial charge is 0.456 e. The van der Waals surface area contributed by atoms with E-state index in [9.17, 15) is 4.79 Å². The van der Waals surface area contributed by atoms with E-state index in [0.717, 1.165) is 46.7 Å². The van der Waals surface area contributed by atoms with Crippen LogP contribution in [0.3, 0.4) is 0 Å². The predicted molar refractivity (Wildman–Crippen MR) is 135 cm³/mol. The third kappa shape index (κ3) is 4.29. The Bertz CT molecular complexity index is 1490. The van der Waals surface area contributed by atoms with Gasteiger partial charge in [0, 0.05) is 30.2 Å². The minimum atomic E-state index is -0.300. The fraction of sp³-hybridized carbons (Fsp3) is 0.111. The highest BCUT2D eigenvalue weighted by Gasteiger charge is 2.18. The molecule has 1 aliphatic rings. The number of aromatic nitrogens is 4. The Morgan fingerprint density at radius 3 is 2.57 bits per heavy atom. The summed E-state index contributed by atoms with van der Waals surface area (Å²) >= 11 is 0. The lowest BCUT2D eigenvalue weighted by Crippen LogP contribution is -2.37. The number of carbonyl (C=O) groups is 1. The third-order valence-corrected chi connectivity index (χ3v) is 5.99. The number of H-pyrrole nitrogens is 1. The Kier molecular flexibility index (Phi) is 5.31. The molecule has 1 fully saturated rings. The number of aromatic amines is 1. The molecule has 1 saturated heterocycles. The summed E-state index contributed by atoms with van der Waals surface area (Å²) < 4.78 is 5.92. The number of carbonyl (C=O) groups excluding carboxylic acids is 1. The fourth-order valence-electron chi connectivity index (χ4n) is 4.01. The van der Waals surface area contributed by atoms with Crippen molar-refractivity contribution in [2.75, 3.05) is 23.3 Å². The zero-order valence-corrected chi connectivity index (χ0v) is 18.8. The van der Waals surface area contributed by atoms with Crippen LogP contribution in [0.25, 0.3) is 22.0 Å². The molecule has 0 spiro atoms. The second kappa shape index (κ2) is 8.90. The summed E-state index contributed by atoms with van der Waals surface area (Å²) in [5.74, 6) is 2.00. The first-order valence-electron chi connectivity index (χ1n) is 11.4. The number of hydrogen-bond acceptors (Lipinski definition) is 6. The van der Waals surface area contributed by atoms with Crippen LogP contribution in [0.2, 0.25) is 0 Å². The molecule has 0 atom stereocenters. The smallest absolute Gasteiger partial charge is 0.276 e. The molecule has 2 aromatic carbocycles. The van der Waals surface area contributed by atoms with Gasteiger partial charge in [0.15, 0.2) is 5.69 Å². The maximum atomic E-state index is 13.0. The topological polar surface area (TPSA) is 96.0 Å². The number of pyridine rings is 2. The van der Waals surface area contributed by atoms with Crippen molar-refractivity contribution >= 4 is 28.3 Å². The van der Waals surface area contributed by atoms with Crippen molar-refractivity contribution < 1.29 is 9.53 Å². The maximum Gasteiger partial charge on any atom is 0.276 e. The molecule has 0 unspecified atom stereocenters. The van der Waals surface area contributed by atoms with E-state index < -0.39 is 0 Å². The van der Waals surface area contributed by atoms with E-state index in [1.54, 1.807) is 18.6 Å². The van der Waals surface area contributed by atoms with E-state index in [2.05, 4.69) is 30.4 Å². The number of ether oxygens (including phenoxy) is 1. The molecule has 8 heteroatoms. The van der Waals surface area contributed by atoms with Crippen molar-refractivity contribution in [3.05, 3.63) is 91.0 Å². The van der Waals surface area contributed by atoms with E-state index in [0.29, 0.717) is 17.1 Å². The lowest BCUT2D eigenvalue weighted by Gasteiger charge is -2.31. The number of rotatable bonds is 6. The number of nitrogens with one attached hydrogen (secondary N) is 2. The van der Waals surface area contributed by atoms with Crippen LogP contribution in [0.4, 0.5) is 11.5 Å². The average molecular weight is 463 g/mol. The van der Waals surface area contributed by atoms with E-state index in [1.807, 2.05) is 66.7 Å². The maximum absolute atomic E-state index is 13.0. The van der Waals surface area contributed by atoms with Crippen LogP contribution >= 0.6 is 0 Å². The fourth-order valence-corrected chi connectivity index (χ4v) is 4.01. The van der Waals surface area contributed by atoms with Gasteiger partial charge in [-0.1, -0.05) is 24.3 Å². The molecule has 2 N–H and O–H groups in total. The summed E-state index contributed by atoms with van der Waals surface area (Å²) in [7, 11) is 0. The molecule has 172 valence electrons. The van der Waals surface area contributed by atoms with Gasteiger partial charge in [-0.25, -0.2) is 4.98 Å². The summed E-state index contributed by atoms with van der Waals surface area (Å²) in [6.07, 6.45) is 6.31. The number of nitrogens with zero attached hydrogens (tertiary/aromatic N) is 4. The van der Waals surface area contributed by atoms with Crippen molar-refractivity contribution in [1.29, 1.82) is 0 Å². The number of amides is 1. The minimum absolute atomic E-state index is 0.300. The predicted octanol–water partition coefficient (Wildman–Crippen LogP) is 5.27. The van der Waals surface area contributed by atoms with Gasteiger partial charge in [0.25, 0.3) is 5.91 Å². The third-order valence-electron chi connectivity index (χ3n) is 5.99. The second-order valence-electron chi connectivity index (χ2n) is 8.36. The first-order chi connectivity index (χ1) is 17.2. The van der Waals surface area contributed by atoms with Gasteiger partial charge in [0.2, 0.25) is 0 Å². The van der Waals surface area contributed by atoms with Crippen LogP contribution in [-0.4, -0.2) is 39.2 Å².